The van der Waals surface area contributed by atoms with Gasteiger partial charge in [-0.05, 0) is 31.5 Å². The normalized spacial score (nSPS) is 14.7. The van der Waals surface area contributed by atoms with Gasteiger partial charge in [0.15, 0.2) is 0 Å². The van der Waals surface area contributed by atoms with Crippen molar-refractivity contribution in [2.75, 3.05) is 11.9 Å². The van der Waals surface area contributed by atoms with Crippen LogP contribution >= 0.6 is 11.6 Å². The van der Waals surface area contributed by atoms with Crippen molar-refractivity contribution >= 4 is 17.3 Å². The summed E-state index contributed by atoms with van der Waals surface area (Å²) >= 11 is 5.62. The van der Waals surface area contributed by atoms with Gasteiger partial charge in [0.25, 0.3) is 0 Å². The summed E-state index contributed by atoms with van der Waals surface area (Å²) in [5.41, 5.74) is -0.473. The van der Waals surface area contributed by atoms with Crippen molar-refractivity contribution in [2.24, 2.45) is 0 Å². The Morgan fingerprint density at radius 1 is 1.53 bits per heavy atom. The van der Waals surface area contributed by atoms with E-state index in [1.807, 2.05) is 6.92 Å². The van der Waals surface area contributed by atoms with Gasteiger partial charge < -0.3 is 10.4 Å². The van der Waals surface area contributed by atoms with Gasteiger partial charge in [0.2, 0.25) is 0 Å². The van der Waals surface area contributed by atoms with Crippen LogP contribution in [-0.2, 0) is 0 Å². The standard InChI is InChI=1S/C11H15ClFNO/c1-3-11(2,15)7-14-10-5-4-8(12)6-9(10)13/h4-6,14-15H,3,7H2,1-2H3. The highest BCUT2D eigenvalue weighted by Crippen LogP contribution is 2.20. The summed E-state index contributed by atoms with van der Waals surface area (Å²) < 4.78 is 13.3. The third-order valence-electron chi connectivity index (χ3n) is 2.35. The summed E-state index contributed by atoms with van der Waals surface area (Å²) in [5.74, 6) is -0.408. The Morgan fingerprint density at radius 3 is 2.73 bits per heavy atom. The van der Waals surface area contributed by atoms with E-state index < -0.39 is 11.4 Å². The maximum absolute atomic E-state index is 13.3. The lowest BCUT2D eigenvalue weighted by Crippen LogP contribution is -2.32. The second kappa shape index (κ2) is 4.81. The van der Waals surface area contributed by atoms with E-state index in [0.717, 1.165) is 0 Å². The molecule has 0 bridgehead atoms. The number of hydrogen-bond acceptors (Lipinski definition) is 2. The van der Waals surface area contributed by atoms with E-state index in [0.29, 0.717) is 23.7 Å². The monoisotopic (exact) mass is 231 g/mol. The molecule has 2 nitrogen and oxygen atoms in total. The Hall–Kier alpha value is -0.800. The molecule has 1 atom stereocenters. The second-order valence-electron chi connectivity index (χ2n) is 3.83. The van der Waals surface area contributed by atoms with Gasteiger partial charge >= 0.3 is 0 Å². The van der Waals surface area contributed by atoms with Gasteiger partial charge in [0.05, 0.1) is 11.3 Å². The highest BCUT2D eigenvalue weighted by Gasteiger charge is 2.17. The number of halogens is 2. The molecule has 1 aromatic carbocycles. The third-order valence-corrected chi connectivity index (χ3v) is 2.59. The van der Waals surface area contributed by atoms with Crippen LogP contribution < -0.4 is 5.32 Å². The molecule has 0 saturated carbocycles. The van der Waals surface area contributed by atoms with Crippen LogP contribution in [0, 0.1) is 5.82 Å². The Morgan fingerprint density at radius 2 is 2.20 bits per heavy atom. The molecule has 0 saturated heterocycles. The summed E-state index contributed by atoms with van der Waals surface area (Å²) in [5, 5.41) is 12.9. The molecular formula is C11H15ClFNO. The topological polar surface area (TPSA) is 32.3 Å². The van der Waals surface area contributed by atoms with Crippen LogP contribution in [0.3, 0.4) is 0 Å². The third kappa shape index (κ3) is 3.68. The molecule has 0 amide bonds. The smallest absolute Gasteiger partial charge is 0.147 e. The lowest BCUT2D eigenvalue weighted by molar-refractivity contribution is 0.0697. The van der Waals surface area contributed by atoms with Crippen molar-refractivity contribution in [1.82, 2.24) is 0 Å². The molecule has 84 valence electrons. The zero-order valence-electron chi connectivity index (χ0n) is 8.85. The van der Waals surface area contributed by atoms with Crippen LogP contribution in [0.25, 0.3) is 0 Å². The maximum Gasteiger partial charge on any atom is 0.147 e. The van der Waals surface area contributed by atoms with Crippen LogP contribution in [0.5, 0.6) is 0 Å². The van der Waals surface area contributed by atoms with Crippen LogP contribution in [0.15, 0.2) is 18.2 Å². The summed E-state index contributed by atoms with van der Waals surface area (Å²) in [6.45, 7) is 3.88. The number of nitrogens with one attached hydrogen (secondary N) is 1. The number of rotatable bonds is 4. The molecule has 0 spiro atoms. The lowest BCUT2D eigenvalue weighted by atomic mass is 10.0. The first-order valence-corrected chi connectivity index (χ1v) is 5.24. The van der Waals surface area contributed by atoms with E-state index in [4.69, 9.17) is 11.6 Å². The van der Waals surface area contributed by atoms with E-state index in [9.17, 15) is 9.50 Å². The molecule has 0 aliphatic rings. The molecule has 2 N–H and O–H groups in total. The molecule has 1 aromatic rings. The number of hydrogen-bond donors (Lipinski definition) is 2. The first-order valence-electron chi connectivity index (χ1n) is 4.86. The van der Waals surface area contributed by atoms with Gasteiger partial charge in [0, 0.05) is 11.6 Å². The predicted molar refractivity (Wildman–Crippen MR) is 60.8 cm³/mol. The molecule has 0 aliphatic carbocycles. The molecule has 4 heteroatoms. The Bertz CT molecular complexity index is 341. The summed E-state index contributed by atoms with van der Waals surface area (Å²) in [4.78, 5) is 0. The average molecular weight is 232 g/mol. The zero-order valence-corrected chi connectivity index (χ0v) is 9.61. The fourth-order valence-corrected chi connectivity index (χ4v) is 1.20. The average Bonchev–Trinajstić information content (AvgIpc) is 2.16. The van der Waals surface area contributed by atoms with Crippen LogP contribution in [0.1, 0.15) is 20.3 Å². The fourth-order valence-electron chi connectivity index (χ4n) is 1.04. The van der Waals surface area contributed by atoms with Crippen molar-refractivity contribution < 1.29 is 9.50 Å². The number of anilines is 1. The van der Waals surface area contributed by atoms with E-state index in [1.165, 1.54) is 6.07 Å². The molecule has 1 rings (SSSR count). The van der Waals surface area contributed by atoms with Gasteiger partial charge in [-0.3, -0.25) is 0 Å². The van der Waals surface area contributed by atoms with Crippen LogP contribution in [-0.4, -0.2) is 17.3 Å². The maximum atomic E-state index is 13.3. The van der Waals surface area contributed by atoms with Crippen molar-refractivity contribution in [2.45, 2.75) is 25.9 Å². The second-order valence-corrected chi connectivity index (χ2v) is 4.26. The highest BCUT2D eigenvalue weighted by atomic mass is 35.5. The quantitative estimate of drug-likeness (QED) is 0.835. The minimum Gasteiger partial charge on any atom is -0.388 e. The van der Waals surface area contributed by atoms with Gasteiger partial charge in [-0.1, -0.05) is 18.5 Å². The van der Waals surface area contributed by atoms with Gasteiger partial charge in [-0.25, -0.2) is 4.39 Å². The van der Waals surface area contributed by atoms with E-state index >= 15 is 0 Å². The minimum atomic E-state index is -0.827. The summed E-state index contributed by atoms with van der Waals surface area (Å²) in [6, 6.07) is 4.40. The lowest BCUT2D eigenvalue weighted by Gasteiger charge is -2.22. The van der Waals surface area contributed by atoms with Crippen molar-refractivity contribution in [1.29, 1.82) is 0 Å². The largest absolute Gasteiger partial charge is 0.388 e. The highest BCUT2D eigenvalue weighted by molar-refractivity contribution is 6.30. The summed E-state index contributed by atoms with van der Waals surface area (Å²) in [6.07, 6.45) is 0.606. The molecule has 0 aliphatic heterocycles. The number of benzene rings is 1. The van der Waals surface area contributed by atoms with Crippen molar-refractivity contribution in [3.05, 3.63) is 29.0 Å². The molecule has 15 heavy (non-hydrogen) atoms. The zero-order chi connectivity index (χ0) is 11.5. The van der Waals surface area contributed by atoms with Crippen LogP contribution in [0.4, 0.5) is 10.1 Å². The SMILES string of the molecule is CCC(C)(O)CNc1ccc(Cl)cc1F. The van der Waals surface area contributed by atoms with Crippen molar-refractivity contribution in [3.8, 4) is 0 Å². The Kier molecular flexibility index (Phi) is 3.94. The number of aliphatic hydroxyl groups is 1. The van der Waals surface area contributed by atoms with E-state index in [2.05, 4.69) is 5.32 Å². The summed E-state index contributed by atoms with van der Waals surface area (Å²) in [7, 11) is 0. The van der Waals surface area contributed by atoms with E-state index in [1.54, 1.807) is 19.1 Å². The molecule has 0 fully saturated rings. The molecular weight excluding hydrogens is 217 g/mol. The van der Waals surface area contributed by atoms with Crippen LogP contribution in [0.2, 0.25) is 5.02 Å². The molecule has 0 aromatic heterocycles. The first-order chi connectivity index (χ1) is 6.94. The fraction of sp³-hybridized carbons (Fsp3) is 0.455. The predicted octanol–water partition coefficient (Wildman–Crippen LogP) is 3.05. The Labute approximate surface area is 94.1 Å². The van der Waals surface area contributed by atoms with Crippen molar-refractivity contribution in [3.63, 3.8) is 0 Å². The van der Waals surface area contributed by atoms with E-state index in [-0.39, 0.29) is 0 Å². The Balaban J connectivity index is 2.66. The van der Waals surface area contributed by atoms with Gasteiger partial charge in [0.1, 0.15) is 5.82 Å². The van der Waals surface area contributed by atoms with Gasteiger partial charge in [-0.15, -0.1) is 0 Å². The first kappa shape index (κ1) is 12.3. The minimum absolute atomic E-state index is 0.308. The molecule has 0 heterocycles. The molecule has 1 unspecified atom stereocenters. The molecule has 0 radical (unpaired) electrons. The van der Waals surface area contributed by atoms with Gasteiger partial charge in [-0.2, -0.15) is 0 Å².